The van der Waals surface area contributed by atoms with Gasteiger partial charge in [0, 0.05) is 42.1 Å². The lowest BCUT2D eigenvalue weighted by Gasteiger charge is -2.34. The summed E-state index contributed by atoms with van der Waals surface area (Å²) in [5.41, 5.74) is 2.18. The number of hydrogen-bond donors (Lipinski definition) is 2. The zero-order valence-electron chi connectivity index (χ0n) is 11.2. The van der Waals surface area contributed by atoms with Crippen molar-refractivity contribution in [2.24, 2.45) is 0 Å². The van der Waals surface area contributed by atoms with Crippen molar-refractivity contribution in [2.75, 3.05) is 24.5 Å². The van der Waals surface area contributed by atoms with E-state index in [9.17, 15) is 0 Å². The fourth-order valence-corrected chi connectivity index (χ4v) is 3.16. The molecule has 0 amide bonds. The van der Waals surface area contributed by atoms with Crippen LogP contribution < -0.4 is 10.2 Å². The van der Waals surface area contributed by atoms with E-state index in [2.05, 4.69) is 46.4 Å². The van der Waals surface area contributed by atoms with E-state index in [1.165, 1.54) is 5.56 Å². The molecule has 0 saturated carbocycles. The van der Waals surface area contributed by atoms with Crippen LogP contribution in [0.3, 0.4) is 0 Å². The van der Waals surface area contributed by atoms with Crippen LogP contribution in [0.5, 0.6) is 0 Å². The standard InChI is InChI=1S/C13H14BrN7/c14-10-3-12-13(16-8-19-21(12)6-10)20-2-1-15-11(7-20)9-4-17-18-5-9/h3-6,8,11,15H,1-2,7H2,(H,17,18). The second kappa shape index (κ2) is 5.12. The van der Waals surface area contributed by atoms with Crippen LogP contribution in [-0.4, -0.2) is 44.4 Å². The number of nitrogens with one attached hydrogen (secondary N) is 2. The first-order chi connectivity index (χ1) is 10.3. The third-order valence-corrected chi connectivity index (χ3v) is 4.18. The highest BCUT2D eigenvalue weighted by molar-refractivity contribution is 9.10. The van der Waals surface area contributed by atoms with Crippen LogP contribution in [0.15, 0.2) is 35.5 Å². The van der Waals surface area contributed by atoms with E-state index in [0.29, 0.717) is 0 Å². The summed E-state index contributed by atoms with van der Waals surface area (Å²) in [5, 5.41) is 14.7. The van der Waals surface area contributed by atoms with Crippen LogP contribution >= 0.6 is 15.9 Å². The maximum absolute atomic E-state index is 4.48. The van der Waals surface area contributed by atoms with Crippen molar-refractivity contribution >= 4 is 27.3 Å². The van der Waals surface area contributed by atoms with Crippen LogP contribution in [-0.2, 0) is 0 Å². The fourth-order valence-electron chi connectivity index (χ4n) is 2.75. The molecule has 8 heteroatoms. The minimum Gasteiger partial charge on any atom is -0.352 e. The molecule has 1 saturated heterocycles. The number of aromatic amines is 1. The van der Waals surface area contributed by atoms with Gasteiger partial charge in [0.15, 0.2) is 5.82 Å². The molecule has 0 aliphatic carbocycles. The average molecular weight is 348 g/mol. The summed E-state index contributed by atoms with van der Waals surface area (Å²) in [4.78, 5) is 6.77. The quantitative estimate of drug-likeness (QED) is 0.732. The molecule has 2 N–H and O–H groups in total. The van der Waals surface area contributed by atoms with E-state index in [0.717, 1.165) is 35.4 Å². The SMILES string of the molecule is Brc1cc2c(N3CCNC(c4cn[nH]c4)C3)ncnn2c1. The van der Waals surface area contributed by atoms with Gasteiger partial charge in [-0.25, -0.2) is 9.50 Å². The van der Waals surface area contributed by atoms with Crippen LogP contribution in [0.4, 0.5) is 5.82 Å². The summed E-state index contributed by atoms with van der Waals surface area (Å²) in [5.74, 6) is 0.964. The van der Waals surface area contributed by atoms with Gasteiger partial charge in [-0.3, -0.25) is 5.10 Å². The maximum Gasteiger partial charge on any atom is 0.156 e. The summed E-state index contributed by atoms with van der Waals surface area (Å²) in [6.07, 6.45) is 7.34. The van der Waals surface area contributed by atoms with Gasteiger partial charge in [-0.2, -0.15) is 10.2 Å². The van der Waals surface area contributed by atoms with Crippen molar-refractivity contribution in [2.45, 2.75) is 6.04 Å². The molecule has 0 aromatic carbocycles. The van der Waals surface area contributed by atoms with Crippen molar-refractivity contribution in [1.29, 1.82) is 0 Å². The van der Waals surface area contributed by atoms with E-state index >= 15 is 0 Å². The van der Waals surface area contributed by atoms with E-state index in [4.69, 9.17) is 0 Å². The van der Waals surface area contributed by atoms with Crippen molar-refractivity contribution in [3.8, 4) is 0 Å². The zero-order chi connectivity index (χ0) is 14.2. The lowest BCUT2D eigenvalue weighted by Crippen LogP contribution is -2.46. The Morgan fingerprint density at radius 3 is 3.19 bits per heavy atom. The number of fused-ring (bicyclic) bond motifs is 1. The van der Waals surface area contributed by atoms with Gasteiger partial charge in [0.2, 0.25) is 0 Å². The number of aromatic nitrogens is 5. The first-order valence-electron chi connectivity index (χ1n) is 6.77. The lowest BCUT2D eigenvalue weighted by atomic mass is 10.1. The van der Waals surface area contributed by atoms with Gasteiger partial charge >= 0.3 is 0 Å². The van der Waals surface area contributed by atoms with Crippen LogP contribution in [0.1, 0.15) is 11.6 Å². The minimum absolute atomic E-state index is 0.255. The molecule has 1 fully saturated rings. The van der Waals surface area contributed by atoms with Crippen molar-refractivity contribution < 1.29 is 0 Å². The number of H-pyrrole nitrogens is 1. The molecule has 108 valence electrons. The first-order valence-corrected chi connectivity index (χ1v) is 7.56. The third kappa shape index (κ3) is 2.30. The molecule has 3 aromatic heterocycles. The Hall–Kier alpha value is -1.93. The maximum atomic E-state index is 4.48. The highest BCUT2D eigenvalue weighted by atomic mass is 79.9. The molecule has 0 radical (unpaired) electrons. The molecule has 1 aliphatic heterocycles. The van der Waals surface area contributed by atoms with Crippen LogP contribution in [0.2, 0.25) is 0 Å². The monoisotopic (exact) mass is 347 g/mol. The Morgan fingerprint density at radius 1 is 1.38 bits per heavy atom. The summed E-state index contributed by atoms with van der Waals surface area (Å²) in [7, 11) is 0. The first kappa shape index (κ1) is 12.8. The number of rotatable bonds is 2. The average Bonchev–Trinajstić information content (AvgIpc) is 3.15. The molecular weight excluding hydrogens is 334 g/mol. The molecule has 4 heterocycles. The summed E-state index contributed by atoms with van der Waals surface area (Å²) in [6.45, 7) is 2.69. The van der Waals surface area contributed by atoms with Crippen molar-refractivity contribution in [3.63, 3.8) is 0 Å². The Labute approximate surface area is 129 Å². The molecule has 1 atom stereocenters. The second-order valence-corrected chi connectivity index (χ2v) is 5.97. The van der Waals surface area contributed by atoms with Gasteiger partial charge in [-0.05, 0) is 22.0 Å². The van der Waals surface area contributed by atoms with E-state index in [1.807, 2.05) is 29.2 Å². The molecule has 7 nitrogen and oxygen atoms in total. The van der Waals surface area contributed by atoms with Gasteiger partial charge < -0.3 is 10.2 Å². The van der Waals surface area contributed by atoms with Crippen molar-refractivity contribution in [3.05, 3.63) is 41.0 Å². The summed E-state index contributed by atoms with van der Waals surface area (Å²) >= 11 is 3.49. The van der Waals surface area contributed by atoms with Crippen LogP contribution in [0, 0.1) is 0 Å². The fraction of sp³-hybridized carbons (Fsp3) is 0.308. The predicted molar refractivity (Wildman–Crippen MR) is 82.2 cm³/mol. The molecule has 1 aliphatic rings. The number of halogens is 1. The van der Waals surface area contributed by atoms with E-state index in [1.54, 1.807) is 6.33 Å². The van der Waals surface area contributed by atoms with Gasteiger partial charge in [0.1, 0.15) is 11.8 Å². The molecular formula is C13H14BrN7. The highest BCUT2D eigenvalue weighted by Gasteiger charge is 2.24. The summed E-state index contributed by atoms with van der Waals surface area (Å²) in [6, 6.07) is 2.30. The van der Waals surface area contributed by atoms with E-state index in [-0.39, 0.29) is 6.04 Å². The third-order valence-electron chi connectivity index (χ3n) is 3.75. The second-order valence-electron chi connectivity index (χ2n) is 5.06. The molecule has 3 aromatic rings. The summed E-state index contributed by atoms with van der Waals surface area (Å²) < 4.78 is 2.85. The molecule has 1 unspecified atom stereocenters. The highest BCUT2D eigenvalue weighted by Crippen LogP contribution is 2.26. The zero-order valence-corrected chi connectivity index (χ0v) is 12.8. The lowest BCUT2D eigenvalue weighted by molar-refractivity contribution is 0.470. The van der Waals surface area contributed by atoms with Crippen LogP contribution in [0.25, 0.3) is 5.52 Å². The van der Waals surface area contributed by atoms with Gasteiger partial charge in [-0.1, -0.05) is 0 Å². The van der Waals surface area contributed by atoms with Gasteiger partial charge in [0.05, 0.1) is 12.2 Å². The topological polar surface area (TPSA) is 74.1 Å². The van der Waals surface area contributed by atoms with Gasteiger partial charge in [-0.15, -0.1) is 0 Å². The number of anilines is 1. The minimum atomic E-state index is 0.255. The smallest absolute Gasteiger partial charge is 0.156 e. The molecule has 0 spiro atoms. The largest absolute Gasteiger partial charge is 0.352 e. The molecule has 0 bridgehead atoms. The Bertz CT molecular complexity index is 751. The molecule has 21 heavy (non-hydrogen) atoms. The van der Waals surface area contributed by atoms with Gasteiger partial charge in [0.25, 0.3) is 0 Å². The normalized spacial score (nSPS) is 19.3. The number of piperazine rings is 1. The Kier molecular flexibility index (Phi) is 3.12. The molecule has 4 rings (SSSR count). The van der Waals surface area contributed by atoms with Crippen molar-refractivity contribution in [1.82, 2.24) is 30.1 Å². The Morgan fingerprint density at radius 2 is 2.33 bits per heavy atom. The number of hydrogen-bond acceptors (Lipinski definition) is 5. The Balaban J connectivity index is 1.68. The predicted octanol–water partition coefficient (Wildman–Crippen LogP) is 1.37. The van der Waals surface area contributed by atoms with E-state index < -0.39 is 0 Å². The number of nitrogens with zero attached hydrogens (tertiary/aromatic N) is 5.